The molecule has 1 aliphatic heterocycles. The third-order valence-corrected chi connectivity index (χ3v) is 8.78. The van der Waals surface area contributed by atoms with Gasteiger partial charge in [-0.05, 0) is 37.8 Å². The van der Waals surface area contributed by atoms with Crippen LogP contribution in [0.1, 0.15) is 37.4 Å². The van der Waals surface area contributed by atoms with Gasteiger partial charge in [-0.2, -0.15) is 4.31 Å². The molecule has 1 amide bonds. The summed E-state index contributed by atoms with van der Waals surface area (Å²) in [6.45, 7) is 6.01. The highest BCUT2D eigenvalue weighted by Gasteiger charge is 2.28. The molecule has 0 atom stereocenters. The van der Waals surface area contributed by atoms with E-state index in [4.69, 9.17) is 0 Å². The van der Waals surface area contributed by atoms with E-state index in [-0.39, 0.29) is 17.3 Å². The highest BCUT2D eigenvalue weighted by Crippen LogP contribution is 2.30. The predicted molar refractivity (Wildman–Crippen MR) is 130 cm³/mol. The zero-order chi connectivity index (χ0) is 23.4. The molecule has 33 heavy (non-hydrogen) atoms. The number of hydrogen-bond donors (Lipinski definition) is 0. The minimum absolute atomic E-state index is 0.0143. The second-order valence-corrected chi connectivity index (χ2v) is 11.1. The van der Waals surface area contributed by atoms with Crippen molar-refractivity contribution in [1.82, 2.24) is 18.8 Å². The van der Waals surface area contributed by atoms with E-state index in [2.05, 4.69) is 4.98 Å². The van der Waals surface area contributed by atoms with Crippen molar-refractivity contribution in [1.29, 1.82) is 0 Å². The summed E-state index contributed by atoms with van der Waals surface area (Å²) in [4.78, 5) is 19.6. The quantitative estimate of drug-likeness (QED) is 0.480. The Morgan fingerprint density at radius 1 is 1.15 bits per heavy atom. The molecule has 2 aromatic heterocycles. The largest absolute Gasteiger partial charge is 0.341 e. The van der Waals surface area contributed by atoms with E-state index in [1.807, 2.05) is 54.5 Å². The lowest BCUT2D eigenvalue weighted by Gasteiger charge is -2.27. The Morgan fingerprint density at radius 3 is 2.52 bits per heavy atom. The Kier molecular flexibility index (Phi) is 7.31. The van der Waals surface area contributed by atoms with E-state index >= 15 is 0 Å². The number of hydrogen-bond acceptors (Lipinski definition) is 5. The van der Waals surface area contributed by atoms with E-state index in [1.54, 1.807) is 16.8 Å². The number of likely N-dealkylation sites (tertiary alicyclic amines) is 1. The van der Waals surface area contributed by atoms with Gasteiger partial charge in [0.05, 0.1) is 5.69 Å². The molecule has 4 rings (SSSR count). The highest BCUT2D eigenvalue weighted by atomic mass is 32.2. The minimum atomic E-state index is -3.75. The molecule has 0 N–H and O–H groups in total. The smallest absolute Gasteiger partial charge is 0.244 e. The number of nitrogens with zero attached hydrogens (tertiary/aromatic N) is 4. The Labute approximate surface area is 199 Å². The van der Waals surface area contributed by atoms with Crippen molar-refractivity contribution in [2.75, 3.05) is 19.6 Å². The van der Waals surface area contributed by atoms with Gasteiger partial charge in [0.15, 0.2) is 0 Å². The molecule has 0 radical (unpaired) electrons. The van der Waals surface area contributed by atoms with Gasteiger partial charge in [-0.15, -0.1) is 11.3 Å². The van der Waals surface area contributed by atoms with Crippen molar-refractivity contribution in [3.05, 3.63) is 59.2 Å². The van der Waals surface area contributed by atoms with Crippen LogP contribution in [0.15, 0.2) is 52.9 Å². The van der Waals surface area contributed by atoms with Gasteiger partial charge in [-0.25, -0.2) is 13.4 Å². The number of carbonyl (C=O) groups is 1. The van der Waals surface area contributed by atoms with Crippen LogP contribution in [-0.2, 0) is 27.9 Å². The number of aromatic nitrogens is 2. The summed E-state index contributed by atoms with van der Waals surface area (Å²) in [7, 11) is -3.75. The number of benzene rings is 1. The molecule has 1 fully saturated rings. The minimum Gasteiger partial charge on any atom is -0.341 e. The molecule has 3 aromatic rings. The summed E-state index contributed by atoms with van der Waals surface area (Å²) in [5, 5.41) is 2.65. The molecule has 7 nitrogen and oxygen atoms in total. The molecule has 9 heteroatoms. The lowest BCUT2D eigenvalue weighted by Crippen LogP contribution is -2.37. The zero-order valence-electron chi connectivity index (χ0n) is 19.1. The average molecular weight is 487 g/mol. The first kappa shape index (κ1) is 23.7. The molecular weight excluding hydrogens is 456 g/mol. The lowest BCUT2D eigenvalue weighted by atomic mass is 10.1. The number of thiazole rings is 1. The maximum Gasteiger partial charge on any atom is 0.244 e. The summed E-state index contributed by atoms with van der Waals surface area (Å²) < 4.78 is 30.3. The second kappa shape index (κ2) is 10.2. The van der Waals surface area contributed by atoms with Crippen LogP contribution in [0, 0.1) is 6.92 Å². The molecule has 0 saturated carbocycles. The van der Waals surface area contributed by atoms with Crippen molar-refractivity contribution in [2.24, 2.45) is 0 Å². The predicted octanol–water partition coefficient (Wildman–Crippen LogP) is 4.14. The number of amides is 1. The fraction of sp³-hybridized carbons (Fsp3) is 0.417. The van der Waals surface area contributed by atoms with E-state index in [0.29, 0.717) is 23.8 Å². The van der Waals surface area contributed by atoms with Gasteiger partial charge < -0.3 is 9.47 Å². The Bertz CT molecular complexity index is 1200. The standard InChI is InChI=1S/C24H30N4O3S2/c1-3-28(15-20-10-6-4-7-11-20)33(30,31)21-14-22(24-25-19(2)18-32-24)27(16-21)17-23(29)26-12-8-5-9-13-26/h4,6-7,10-11,14,16,18H,3,5,8-9,12-13,15,17H2,1-2H3. The van der Waals surface area contributed by atoms with Gasteiger partial charge in [-0.3, -0.25) is 4.79 Å². The molecule has 1 aliphatic rings. The number of rotatable bonds is 8. The molecule has 0 spiro atoms. The van der Waals surface area contributed by atoms with E-state index in [9.17, 15) is 13.2 Å². The van der Waals surface area contributed by atoms with Crippen molar-refractivity contribution in [2.45, 2.75) is 51.1 Å². The van der Waals surface area contributed by atoms with Crippen molar-refractivity contribution in [3.8, 4) is 10.7 Å². The normalized spacial score (nSPS) is 14.7. The first-order chi connectivity index (χ1) is 15.9. The summed E-state index contributed by atoms with van der Waals surface area (Å²) in [5.41, 5.74) is 2.46. The van der Waals surface area contributed by atoms with Gasteiger partial charge >= 0.3 is 0 Å². The van der Waals surface area contributed by atoms with Crippen LogP contribution < -0.4 is 0 Å². The van der Waals surface area contributed by atoms with Gasteiger partial charge in [0.25, 0.3) is 0 Å². The second-order valence-electron chi connectivity index (χ2n) is 8.34. The lowest BCUT2D eigenvalue weighted by molar-refractivity contribution is -0.132. The van der Waals surface area contributed by atoms with Crippen LogP contribution >= 0.6 is 11.3 Å². The average Bonchev–Trinajstić information content (AvgIpc) is 3.45. The summed E-state index contributed by atoms with van der Waals surface area (Å²) in [6.07, 6.45) is 4.77. The van der Waals surface area contributed by atoms with Gasteiger partial charge in [-0.1, -0.05) is 37.3 Å². The maximum atomic E-state index is 13.6. The van der Waals surface area contributed by atoms with Gasteiger partial charge in [0.2, 0.25) is 15.9 Å². The maximum absolute atomic E-state index is 13.6. The number of carbonyl (C=O) groups excluding carboxylic acids is 1. The first-order valence-electron chi connectivity index (χ1n) is 11.3. The topological polar surface area (TPSA) is 75.5 Å². The molecule has 176 valence electrons. The molecular formula is C24H30N4O3S2. The van der Waals surface area contributed by atoms with Crippen LogP contribution in [0.2, 0.25) is 0 Å². The third-order valence-electron chi connectivity index (χ3n) is 5.92. The van der Waals surface area contributed by atoms with E-state index < -0.39 is 10.0 Å². The third kappa shape index (κ3) is 5.37. The summed E-state index contributed by atoms with van der Waals surface area (Å²) in [5.74, 6) is 0.0143. The SMILES string of the molecule is CCN(Cc1ccccc1)S(=O)(=O)c1cc(-c2nc(C)cs2)n(CC(=O)N2CCCCC2)c1. The van der Waals surface area contributed by atoms with Crippen LogP contribution in [0.4, 0.5) is 0 Å². The molecule has 1 aromatic carbocycles. The number of piperidine rings is 1. The fourth-order valence-corrected chi connectivity index (χ4v) is 6.40. The van der Waals surface area contributed by atoms with Crippen molar-refractivity contribution < 1.29 is 13.2 Å². The molecule has 0 aliphatic carbocycles. The Morgan fingerprint density at radius 2 is 1.88 bits per heavy atom. The van der Waals surface area contributed by atoms with Crippen LogP contribution in [0.3, 0.4) is 0 Å². The first-order valence-corrected chi connectivity index (χ1v) is 13.6. The van der Waals surface area contributed by atoms with Crippen molar-refractivity contribution >= 4 is 27.3 Å². The van der Waals surface area contributed by atoms with Crippen molar-refractivity contribution in [3.63, 3.8) is 0 Å². The number of sulfonamides is 1. The summed E-state index contributed by atoms with van der Waals surface area (Å²) >= 11 is 1.45. The van der Waals surface area contributed by atoms with E-state index in [1.165, 1.54) is 15.6 Å². The van der Waals surface area contributed by atoms with Crippen LogP contribution in [0.5, 0.6) is 0 Å². The highest BCUT2D eigenvalue weighted by molar-refractivity contribution is 7.89. The monoisotopic (exact) mass is 486 g/mol. The van der Waals surface area contributed by atoms with Crippen LogP contribution in [0.25, 0.3) is 10.7 Å². The van der Waals surface area contributed by atoms with Gasteiger partial charge in [0, 0.05) is 43.4 Å². The van der Waals surface area contributed by atoms with E-state index in [0.717, 1.165) is 43.6 Å². The van der Waals surface area contributed by atoms with Gasteiger partial charge in [0.1, 0.15) is 16.4 Å². The molecule has 1 saturated heterocycles. The fourth-order valence-electron chi connectivity index (χ4n) is 4.10. The molecule has 0 bridgehead atoms. The summed E-state index contributed by atoms with van der Waals surface area (Å²) in [6, 6.07) is 11.2. The van der Waals surface area contributed by atoms with Crippen LogP contribution in [-0.4, -0.2) is 52.7 Å². The Balaban J connectivity index is 1.66. The zero-order valence-corrected chi connectivity index (χ0v) is 20.7. The molecule has 0 unspecified atom stereocenters. The Hall–Kier alpha value is -2.49. The number of aryl methyl sites for hydroxylation is 1. The molecule has 3 heterocycles.